The van der Waals surface area contributed by atoms with E-state index in [1.54, 1.807) is 20.8 Å². The van der Waals surface area contributed by atoms with Crippen molar-refractivity contribution in [3.63, 3.8) is 0 Å². The maximum Gasteiger partial charge on any atom is 0.326 e. The molecule has 0 aromatic carbocycles. The van der Waals surface area contributed by atoms with Crippen LogP contribution in [-0.4, -0.2) is 135 Å². The van der Waals surface area contributed by atoms with Crippen LogP contribution < -0.4 is 32.7 Å². The van der Waals surface area contributed by atoms with E-state index >= 15 is 4.39 Å². The Labute approximate surface area is 374 Å². The first-order valence-corrected chi connectivity index (χ1v) is 21.6. The largest absolute Gasteiger partial charge is 0.481 e. The maximum absolute atomic E-state index is 17.5. The van der Waals surface area contributed by atoms with Gasteiger partial charge in [0.15, 0.2) is 24.0 Å². The molecule has 3 fully saturated rings. The summed E-state index contributed by atoms with van der Waals surface area (Å²) < 4.78 is 22.7. The first-order valence-electron chi connectivity index (χ1n) is 21.6. The number of rotatable bonds is 21. The third-order valence-corrected chi connectivity index (χ3v) is 13.8. The normalized spacial score (nSPS) is 30.2. The molecule has 11 atom stereocenters. The van der Waals surface area contributed by atoms with Crippen LogP contribution in [-0.2, 0) is 47.9 Å². The van der Waals surface area contributed by atoms with E-state index in [9.17, 15) is 63.6 Å². The molecular weight excluding hydrogens is 858 g/mol. The van der Waals surface area contributed by atoms with Gasteiger partial charge in [0.1, 0.15) is 23.7 Å². The number of hydrogen-bond acceptors (Lipinski definition) is 13. The molecule has 2 unspecified atom stereocenters. The topological polar surface area (TPSA) is 356 Å². The smallest absolute Gasteiger partial charge is 0.326 e. The summed E-state index contributed by atoms with van der Waals surface area (Å²) in [5.74, 6) is -11.7. The van der Waals surface area contributed by atoms with Crippen molar-refractivity contribution in [3.8, 4) is 0 Å². The summed E-state index contributed by atoms with van der Waals surface area (Å²) in [6.45, 7) is 6.31. The van der Waals surface area contributed by atoms with Crippen LogP contribution in [0.4, 0.5) is 4.39 Å². The first-order chi connectivity index (χ1) is 30.2. The van der Waals surface area contributed by atoms with Crippen LogP contribution in [0.25, 0.3) is 0 Å². The number of esters is 1. The van der Waals surface area contributed by atoms with E-state index in [1.165, 1.54) is 32.1 Å². The van der Waals surface area contributed by atoms with Crippen LogP contribution in [0.15, 0.2) is 28.8 Å². The molecule has 0 radical (unpaired) electrons. The lowest BCUT2D eigenvalue weighted by atomic mass is 9.44. The first kappa shape index (κ1) is 51.9. The van der Waals surface area contributed by atoms with Gasteiger partial charge in [-0.3, -0.25) is 43.3 Å². The summed E-state index contributed by atoms with van der Waals surface area (Å²) in [5, 5.41) is 51.5. The van der Waals surface area contributed by atoms with Gasteiger partial charge in [0.25, 0.3) is 0 Å². The molecule has 360 valence electrons. The molecule has 21 nitrogen and oxygen atoms in total. The number of allylic oxidation sites excluding steroid dienone is 4. The van der Waals surface area contributed by atoms with Gasteiger partial charge in [-0.1, -0.05) is 39.3 Å². The molecule has 0 saturated heterocycles. The average Bonchev–Trinajstić information content (AvgIpc) is 3.42. The molecule has 0 aromatic heterocycles. The minimum Gasteiger partial charge on any atom is -0.481 e. The van der Waals surface area contributed by atoms with Crippen molar-refractivity contribution in [2.75, 3.05) is 19.7 Å². The van der Waals surface area contributed by atoms with E-state index in [4.69, 9.17) is 16.2 Å². The fourth-order valence-electron chi connectivity index (χ4n) is 10.4. The zero-order chi connectivity index (χ0) is 48.8. The second kappa shape index (κ2) is 20.6. The van der Waals surface area contributed by atoms with Gasteiger partial charge in [-0.2, -0.15) is 0 Å². The Kier molecular flexibility index (Phi) is 16.4. The second-order valence-corrected chi connectivity index (χ2v) is 18.3. The van der Waals surface area contributed by atoms with Gasteiger partial charge in [-0.05, 0) is 75.4 Å². The van der Waals surface area contributed by atoms with Crippen molar-refractivity contribution >= 4 is 59.1 Å². The Morgan fingerprint density at radius 2 is 1.63 bits per heavy atom. The summed E-state index contributed by atoms with van der Waals surface area (Å²) in [6, 6.07) is -4.42. The number of aliphatic hydroxyl groups excluding tert-OH is 1. The number of nitrogens with zero attached hydrogens (tertiary/aromatic N) is 1. The highest BCUT2D eigenvalue weighted by Crippen LogP contribution is 2.70. The van der Waals surface area contributed by atoms with Crippen LogP contribution in [0.2, 0.25) is 0 Å². The SMILES string of the molecule is CC(C)[C@H](NC(=O)[C@H](CC(=O)O)NC(=O)CNC(=O)[C@H](CCCN=C(N)N)NC(=O)CCC(=O)OCC(=O)[C@@]1(O)[C@H](C)CC2C3CCC4=CC(=O)C=C[C@]4(C)[C@@]3(F)[C@@H](O)C[C@@]21C)C(=O)O. The van der Waals surface area contributed by atoms with Crippen LogP contribution in [0, 0.1) is 34.5 Å². The number of carboxylic acid groups (broad SMARTS) is 2. The number of aliphatic hydroxyl groups is 2. The Balaban J connectivity index is 1.34. The van der Waals surface area contributed by atoms with Gasteiger partial charge in [-0.15, -0.1) is 0 Å². The highest BCUT2D eigenvalue weighted by atomic mass is 19.1. The Morgan fingerprint density at radius 1 is 0.969 bits per heavy atom. The molecule has 0 spiro atoms. The molecule has 0 aliphatic heterocycles. The molecule has 3 saturated carbocycles. The van der Waals surface area contributed by atoms with Gasteiger partial charge in [-0.25, -0.2) is 9.18 Å². The third kappa shape index (κ3) is 10.9. The van der Waals surface area contributed by atoms with E-state index in [0.29, 0.717) is 12.0 Å². The number of nitrogens with one attached hydrogen (secondary N) is 4. The number of aliphatic imine (C=N–C) groups is 1. The number of guanidine groups is 1. The number of ketones is 2. The van der Waals surface area contributed by atoms with Gasteiger partial charge in [0, 0.05) is 29.7 Å². The minimum atomic E-state index is -2.18. The molecule has 22 heteroatoms. The molecule has 0 aromatic rings. The summed E-state index contributed by atoms with van der Waals surface area (Å²) in [5.41, 5.74) is 4.42. The molecular formula is C43H62FN7O14. The lowest BCUT2D eigenvalue weighted by Gasteiger charge is -2.62. The number of carbonyl (C=O) groups is 9. The fourth-order valence-corrected chi connectivity index (χ4v) is 10.4. The number of carboxylic acids is 2. The number of Topliss-reactive ketones (excluding diaryl/α,β-unsaturated/α-hetero) is 1. The predicted octanol–water partition coefficient (Wildman–Crippen LogP) is -0.934. The Morgan fingerprint density at radius 3 is 2.25 bits per heavy atom. The van der Waals surface area contributed by atoms with Crippen molar-refractivity contribution in [1.82, 2.24) is 21.3 Å². The van der Waals surface area contributed by atoms with E-state index in [0.717, 1.165) is 0 Å². The van der Waals surface area contributed by atoms with Gasteiger partial charge < -0.3 is 57.9 Å². The average molecular weight is 920 g/mol. The molecule has 12 N–H and O–H groups in total. The third-order valence-electron chi connectivity index (χ3n) is 13.8. The van der Waals surface area contributed by atoms with Crippen molar-refractivity contribution in [3.05, 3.63) is 23.8 Å². The minimum absolute atomic E-state index is 0.0404. The summed E-state index contributed by atoms with van der Waals surface area (Å²) in [7, 11) is 0. The number of aliphatic carboxylic acids is 2. The predicted molar refractivity (Wildman–Crippen MR) is 226 cm³/mol. The van der Waals surface area contributed by atoms with E-state index in [1.807, 2.05) is 0 Å². The van der Waals surface area contributed by atoms with Gasteiger partial charge in [0.2, 0.25) is 29.4 Å². The standard InChI is InChI=1S/C43H62FN7O14/c1-21(2)35(38(62)63)51-37(61)28(17-33(57)58)50-32(56)19-48-36(60)27(7-6-14-47-39(45)46)49-31(55)10-11-34(59)65-20-30(54)43(64)22(3)15-26-25-9-8-23-16-24(52)12-13-40(23,4)42(25,44)29(53)18-41(26,43)5/h12-13,16,21-22,25-29,35,53,64H,6-11,14-15,17-20H2,1-5H3,(H,48,60)(H,49,55)(H,50,56)(H,51,61)(H,57,58)(H,62,63)(H4,45,46,47)/t22-,25?,26?,27+,28+,29+,35+,40+,41+,42+,43+/m1/s1. The summed E-state index contributed by atoms with van der Waals surface area (Å²) in [4.78, 5) is 117. The number of fused-ring (bicyclic) bond motifs is 5. The second-order valence-electron chi connectivity index (χ2n) is 18.3. The highest BCUT2D eigenvalue weighted by molar-refractivity contribution is 6.01. The van der Waals surface area contributed by atoms with E-state index in [2.05, 4.69) is 26.3 Å². The zero-order valence-electron chi connectivity index (χ0n) is 37.2. The lowest BCUT2D eigenvalue weighted by Crippen LogP contribution is -2.69. The van der Waals surface area contributed by atoms with Crippen LogP contribution in [0.3, 0.4) is 0 Å². The lowest BCUT2D eigenvalue weighted by molar-refractivity contribution is -0.220. The van der Waals surface area contributed by atoms with E-state index < -0.39 is 150 Å². The molecule has 65 heavy (non-hydrogen) atoms. The van der Waals surface area contributed by atoms with Crippen LogP contribution in [0.1, 0.15) is 92.4 Å². The number of alkyl halides is 1. The van der Waals surface area contributed by atoms with Crippen LogP contribution >= 0.6 is 0 Å². The van der Waals surface area contributed by atoms with Gasteiger partial charge in [0.05, 0.1) is 25.5 Å². The molecule has 4 amide bonds. The molecule has 4 rings (SSSR count). The fraction of sp³-hybridized carbons (Fsp3) is 0.674. The van der Waals surface area contributed by atoms with Gasteiger partial charge >= 0.3 is 17.9 Å². The van der Waals surface area contributed by atoms with Crippen molar-refractivity contribution in [2.24, 2.45) is 51.0 Å². The summed E-state index contributed by atoms with van der Waals surface area (Å²) >= 11 is 0. The van der Waals surface area contributed by atoms with Crippen molar-refractivity contribution < 1.29 is 72.7 Å². The number of carbonyl (C=O) groups excluding carboxylic acids is 7. The monoisotopic (exact) mass is 919 g/mol. The van der Waals surface area contributed by atoms with Crippen molar-refractivity contribution in [1.29, 1.82) is 0 Å². The zero-order valence-corrected chi connectivity index (χ0v) is 37.2. The van der Waals surface area contributed by atoms with E-state index in [-0.39, 0.29) is 50.4 Å². The molecule has 0 heterocycles. The number of halogens is 1. The number of amides is 4. The quantitative estimate of drug-likeness (QED) is 0.0288. The number of hydrogen-bond donors (Lipinski definition) is 10. The molecule has 4 aliphatic carbocycles. The maximum atomic E-state index is 17.5. The number of nitrogens with two attached hydrogens (primary N) is 2. The highest BCUT2D eigenvalue weighted by Gasteiger charge is 2.75. The van der Waals surface area contributed by atoms with Crippen LogP contribution in [0.5, 0.6) is 0 Å². The molecule has 4 aliphatic rings. The molecule has 0 bridgehead atoms. The Bertz CT molecular complexity index is 2020. The Hall–Kier alpha value is -5.77. The number of ether oxygens (including phenoxy) is 1. The van der Waals surface area contributed by atoms with Crippen molar-refractivity contribution in [2.45, 2.75) is 128 Å². The summed E-state index contributed by atoms with van der Waals surface area (Å²) in [6.07, 6.45) is 1.30.